The highest BCUT2D eigenvalue weighted by molar-refractivity contribution is 5.73. The zero-order chi connectivity index (χ0) is 13.7. The first kappa shape index (κ1) is 14.6. The second-order valence-electron chi connectivity index (χ2n) is 4.69. The largest absolute Gasteiger partial charge is 0.469 e. The van der Waals surface area contributed by atoms with E-state index in [1.54, 1.807) is 0 Å². The molecule has 1 rings (SSSR count). The van der Waals surface area contributed by atoms with Crippen LogP contribution in [0.3, 0.4) is 0 Å². The molecule has 0 aliphatic heterocycles. The molecule has 3 heteroatoms. The monoisotopic (exact) mass is 249 g/mol. The molecule has 1 unspecified atom stereocenters. The van der Waals surface area contributed by atoms with Gasteiger partial charge in [-0.3, -0.25) is 4.79 Å². The molecule has 0 radical (unpaired) electrons. The number of aryl methyl sites for hydroxylation is 1. The van der Waals surface area contributed by atoms with Gasteiger partial charge in [-0.25, -0.2) is 0 Å². The Morgan fingerprint density at radius 2 is 1.94 bits per heavy atom. The zero-order valence-electron chi connectivity index (χ0n) is 12.0. The fourth-order valence-electron chi connectivity index (χ4n) is 1.94. The van der Waals surface area contributed by atoms with Gasteiger partial charge in [-0.15, -0.1) is 0 Å². The predicted molar refractivity (Wildman–Crippen MR) is 74.9 cm³/mol. The number of nitrogens with one attached hydrogen (secondary N) is 1. The number of carbonyl (C=O) groups is 1. The van der Waals surface area contributed by atoms with Crippen molar-refractivity contribution in [1.29, 1.82) is 0 Å². The number of anilines is 1. The quantitative estimate of drug-likeness (QED) is 0.814. The molecule has 1 atom stereocenters. The Hall–Kier alpha value is -1.51. The molecule has 1 aromatic carbocycles. The standard InChI is InChI=1S/C15H23NO2/c1-6-13(15(17)18-5)9-16-14-8-7-10(2)11(3)12(14)4/h7-8,13,16H,6,9H2,1-5H3. The Kier molecular flexibility index (Phi) is 5.20. The van der Waals surface area contributed by atoms with Gasteiger partial charge in [0.2, 0.25) is 0 Å². The van der Waals surface area contributed by atoms with E-state index in [0.717, 1.165) is 12.1 Å². The highest BCUT2D eigenvalue weighted by Gasteiger charge is 2.16. The van der Waals surface area contributed by atoms with Crippen LogP contribution >= 0.6 is 0 Å². The minimum absolute atomic E-state index is 0.0870. The average Bonchev–Trinajstić information content (AvgIpc) is 2.38. The van der Waals surface area contributed by atoms with Crippen LogP contribution < -0.4 is 5.32 Å². The summed E-state index contributed by atoms with van der Waals surface area (Å²) < 4.78 is 4.79. The normalized spacial score (nSPS) is 12.1. The maximum atomic E-state index is 11.5. The lowest BCUT2D eigenvalue weighted by Gasteiger charge is -2.17. The first-order valence-electron chi connectivity index (χ1n) is 6.39. The van der Waals surface area contributed by atoms with Crippen molar-refractivity contribution in [3.63, 3.8) is 0 Å². The average molecular weight is 249 g/mol. The third kappa shape index (κ3) is 3.25. The molecular formula is C15H23NO2. The number of benzene rings is 1. The summed E-state index contributed by atoms with van der Waals surface area (Å²) in [5, 5.41) is 3.35. The van der Waals surface area contributed by atoms with Crippen LogP contribution in [0, 0.1) is 26.7 Å². The fraction of sp³-hybridized carbons (Fsp3) is 0.533. The SMILES string of the molecule is CCC(CNc1ccc(C)c(C)c1C)C(=O)OC. The third-order valence-electron chi connectivity index (χ3n) is 3.62. The first-order valence-corrected chi connectivity index (χ1v) is 6.39. The Morgan fingerprint density at radius 1 is 1.28 bits per heavy atom. The number of rotatable bonds is 5. The minimum atomic E-state index is -0.147. The van der Waals surface area contributed by atoms with Crippen molar-refractivity contribution >= 4 is 11.7 Å². The topological polar surface area (TPSA) is 38.3 Å². The van der Waals surface area contributed by atoms with Crippen molar-refractivity contribution in [3.05, 3.63) is 28.8 Å². The Balaban J connectivity index is 2.74. The van der Waals surface area contributed by atoms with Crippen molar-refractivity contribution in [1.82, 2.24) is 0 Å². The van der Waals surface area contributed by atoms with Crippen LogP contribution in [0.1, 0.15) is 30.0 Å². The molecule has 3 nitrogen and oxygen atoms in total. The van der Waals surface area contributed by atoms with Crippen LogP contribution in [0.5, 0.6) is 0 Å². The molecule has 18 heavy (non-hydrogen) atoms. The molecule has 0 saturated heterocycles. The van der Waals surface area contributed by atoms with Gasteiger partial charge in [0.15, 0.2) is 0 Å². The van der Waals surface area contributed by atoms with Gasteiger partial charge in [0, 0.05) is 12.2 Å². The summed E-state index contributed by atoms with van der Waals surface area (Å²) >= 11 is 0. The van der Waals surface area contributed by atoms with Crippen LogP contribution in [-0.4, -0.2) is 19.6 Å². The summed E-state index contributed by atoms with van der Waals surface area (Å²) in [5.74, 6) is -0.234. The lowest BCUT2D eigenvalue weighted by molar-refractivity contribution is -0.145. The van der Waals surface area contributed by atoms with Crippen molar-refractivity contribution in [2.24, 2.45) is 5.92 Å². The highest BCUT2D eigenvalue weighted by atomic mass is 16.5. The first-order chi connectivity index (χ1) is 8.51. The maximum Gasteiger partial charge on any atom is 0.310 e. The molecule has 0 fully saturated rings. The van der Waals surface area contributed by atoms with Crippen LogP contribution in [0.2, 0.25) is 0 Å². The van der Waals surface area contributed by atoms with Gasteiger partial charge in [-0.1, -0.05) is 13.0 Å². The van der Waals surface area contributed by atoms with E-state index >= 15 is 0 Å². The summed E-state index contributed by atoms with van der Waals surface area (Å²) in [6, 6.07) is 4.17. The molecule has 0 aliphatic carbocycles. The predicted octanol–water partition coefficient (Wildman–Crippen LogP) is 3.22. The van der Waals surface area contributed by atoms with Crippen LogP contribution in [-0.2, 0) is 9.53 Å². The molecular weight excluding hydrogens is 226 g/mol. The Morgan fingerprint density at radius 3 is 2.50 bits per heavy atom. The lowest BCUT2D eigenvalue weighted by atomic mass is 10.0. The number of carbonyl (C=O) groups excluding carboxylic acids is 1. The fourth-order valence-corrected chi connectivity index (χ4v) is 1.94. The van der Waals surface area contributed by atoms with E-state index in [1.807, 2.05) is 6.92 Å². The van der Waals surface area contributed by atoms with E-state index in [2.05, 4.69) is 38.2 Å². The second kappa shape index (κ2) is 6.43. The van der Waals surface area contributed by atoms with E-state index in [0.29, 0.717) is 6.54 Å². The van der Waals surface area contributed by atoms with Crippen LogP contribution in [0.4, 0.5) is 5.69 Å². The van der Waals surface area contributed by atoms with Crippen molar-refractivity contribution in [3.8, 4) is 0 Å². The molecule has 0 spiro atoms. The van der Waals surface area contributed by atoms with Crippen molar-refractivity contribution in [2.45, 2.75) is 34.1 Å². The molecule has 0 heterocycles. The van der Waals surface area contributed by atoms with E-state index in [4.69, 9.17) is 4.74 Å². The van der Waals surface area contributed by atoms with E-state index in [-0.39, 0.29) is 11.9 Å². The molecule has 0 amide bonds. The van der Waals surface area contributed by atoms with E-state index in [1.165, 1.54) is 23.8 Å². The maximum absolute atomic E-state index is 11.5. The molecule has 0 aliphatic rings. The molecule has 1 N–H and O–H groups in total. The summed E-state index contributed by atoms with van der Waals surface area (Å²) in [5.41, 5.74) is 4.93. The van der Waals surface area contributed by atoms with Crippen LogP contribution in [0.25, 0.3) is 0 Å². The number of ether oxygens (including phenoxy) is 1. The summed E-state index contributed by atoms with van der Waals surface area (Å²) in [6.07, 6.45) is 0.781. The third-order valence-corrected chi connectivity index (χ3v) is 3.62. The summed E-state index contributed by atoms with van der Waals surface area (Å²) in [4.78, 5) is 11.5. The molecule has 1 aromatic rings. The van der Waals surface area contributed by atoms with Gasteiger partial charge >= 0.3 is 5.97 Å². The number of esters is 1. The zero-order valence-corrected chi connectivity index (χ0v) is 12.0. The van der Waals surface area contributed by atoms with Gasteiger partial charge in [-0.05, 0) is 49.9 Å². The Bertz CT molecular complexity index is 427. The molecule has 100 valence electrons. The van der Waals surface area contributed by atoms with Gasteiger partial charge in [0.1, 0.15) is 0 Å². The van der Waals surface area contributed by atoms with Crippen LogP contribution in [0.15, 0.2) is 12.1 Å². The second-order valence-corrected chi connectivity index (χ2v) is 4.69. The molecule has 0 bridgehead atoms. The molecule has 0 aromatic heterocycles. The Labute approximate surface area is 110 Å². The van der Waals surface area contributed by atoms with Crippen molar-refractivity contribution < 1.29 is 9.53 Å². The summed E-state index contributed by atoms with van der Waals surface area (Å²) in [6.45, 7) is 8.94. The van der Waals surface area contributed by atoms with Gasteiger partial charge in [0.25, 0.3) is 0 Å². The van der Waals surface area contributed by atoms with E-state index < -0.39 is 0 Å². The number of hydrogen-bond donors (Lipinski definition) is 1. The van der Waals surface area contributed by atoms with Gasteiger partial charge < -0.3 is 10.1 Å². The number of methoxy groups -OCH3 is 1. The lowest BCUT2D eigenvalue weighted by Crippen LogP contribution is -2.24. The molecule has 0 saturated carbocycles. The van der Waals surface area contributed by atoms with Crippen molar-refractivity contribution in [2.75, 3.05) is 19.0 Å². The summed E-state index contributed by atoms with van der Waals surface area (Å²) in [7, 11) is 1.44. The van der Waals surface area contributed by atoms with E-state index in [9.17, 15) is 4.79 Å². The number of hydrogen-bond acceptors (Lipinski definition) is 3. The van der Waals surface area contributed by atoms with Gasteiger partial charge in [0.05, 0.1) is 13.0 Å². The van der Waals surface area contributed by atoms with Gasteiger partial charge in [-0.2, -0.15) is 0 Å². The highest BCUT2D eigenvalue weighted by Crippen LogP contribution is 2.22. The minimum Gasteiger partial charge on any atom is -0.469 e. The smallest absolute Gasteiger partial charge is 0.310 e.